The Labute approximate surface area is 170 Å². The number of halogens is 1. The summed E-state index contributed by atoms with van der Waals surface area (Å²) in [5.74, 6) is 0.0355. The molecule has 2 N–H and O–H groups in total. The molecule has 1 aliphatic rings. The van der Waals surface area contributed by atoms with E-state index in [2.05, 4.69) is 45.1 Å². The molecule has 0 saturated carbocycles. The van der Waals surface area contributed by atoms with Gasteiger partial charge in [0.15, 0.2) is 0 Å². The standard InChI is InChI=1S/C20H24N6O.ClH/c27-19(20(7-11-21-12-8-20)26-14-2-10-24-26)22-15-17-3-5-18(6-4-17)16-25-13-1-9-23-25;/h1-6,9-10,13-14,21H,7-8,11-12,15-16H2,(H,22,27);1H. The van der Waals surface area contributed by atoms with Crippen LogP contribution in [-0.2, 0) is 23.4 Å². The summed E-state index contributed by atoms with van der Waals surface area (Å²) in [5, 5.41) is 15.0. The van der Waals surface area contributed by atoms with Crippen molar-refractivity contribution >= 4 is 18.3 Å². The Bertz CT molecular complexity index is 855. The highest BCUT2D eigenvalue weighted by Gasteiger charge is 2.41. The Morgan fingerprint density at radius 1 is 1.04 bits per heavy atom. The summed E-state index contributed by atoms with van der Waals surface area (Å²) in [6.45, 7) is 2.89. The number of piperidine rings is 1. The highest BCUT2D eigenvalue weighted by Crippen LogP contribution is 2.27. The van der Waals surface area contributed by atoms with E-state index in [0.717, 1.165) is 38.0 Å². The van der Waals surface area contributed by atoms with Crippen LogP contribution in [-0.4, -0.2) is 38.6 Å². The van der Waals surface area contributed by atoms with Gasteiger partial charge < -0.3 is 10.6 Å². The van der Waals surface area contributed by atoms with Crippen LogP contribution in [0.1, 0.15) is 24.0 Å². The van der Waals surface area contributed by atoms with E-state index in [0.29, 0.717) is 6.54 Å². The number of hydrogen-bond acceptors (Lipinski definition) is 4. The maximum atomic E-state index is 13.1. The summed E-state index contributed by atoms with van der Waals surface area (Å²) in [6.07, 6.45) is 8.82. The number of carbonyl (C=O) groups is 1. The molecular formula is C20H25ClN6O. The summed E-state index contributed by atoms with van der Waals surface area (Å²) in [6, 6.07) is 12.1. The van der Waals surface area contributed by atoms with Gasteiger partial charge in [0.05, 0.1) is 6.54 Å². The minimum absolute atomic E-state index is 0. The van der Waals surface area contributed by atoms with E-state index in [1.165, 1.54) is 5.56 Å². The van der Waals surface area contributed by atoms with Crippen molar-refractivity contribution < 1.29 is 4.79 Å². The number of amides is 1. The molecule has 0 aliphatic carbocycles. The highest BCUT2D eigenvalue weighted by atomic mass is 35.5. The van der Waals surface area contributed by atoms with Crippen LogP contribution in [0.5, 0.6) is 0 Å². The van der Waals surface area contributed by atoms with Crippen LogP contribution in [0, 0.1) is 0 Å². The van der Waals surface area contributed by atoms with Crippen LogP contribution in [0.4, 0.5) is 0 Å². The van der Waals surface area contributed by atoms with Crippen LogP contribution in [0.2, 0.25) is 0 Å². The Morgan fingerprint density at radius 3 is 2.36 bits per heavy atom. The van der Waals surface area contributed by atoms with Gasteiger partial charge in [-0.05, 0) is 49.2 Å². The molecule has 1 amide bonds. The van der Waals surface area contributed by atoms with Crippen LogP contribution < -0.4 is 10.6 Å². The summed E-state index contributed by atoms with van der Waals surface area (Å²) >= 11 is 0. The molecule has 0 bridgehead atoms. The molecule has 1 aliphatic heterocycles. The summed E-state index contributed by atoms with van der Waals surface area (Å²) < 4.78 is 3.71. The maximum Gasteiger partial charge on any atom is 0.248 e. The van der Waals surface area contributed by atoms with Crippen molar-refractivity contribution in [2.45, 2.75) is 31.5 Å². The van der Waals surface area contributed by atoms with Crippen LogP contribution in [0.15, 0.2) is 61.2 Å². The molecule has 0 radical (unpaired) electrons. The second kappa shape index (κ2) is 9.03. The van der Waals surface area contributed by atoms with Gasteiger partial charge >= 0.3 is 0 Å². The van der Waals surface area contributed by atoms with Gasteiger partial charge in [-0.25, -0.2) is 0 Å². The van der Waals surface area contributed by atoms with Crippen LogP contribution in [0.25, 0.3) is 0 Å². The fraction of sp³-hybridized carbons (Fsp3) is 0.350. The van der Waals surface area contributed by atoms with E-state index in [4.69, 9.17) is 0 Å². The number of aromatic nitrogens is 4. The lowest BCUT2D eigenvalue weighted by atomic mass is 9.87. The number of nitrogens with zero attached hydrogens (tertiary/aromatic N) is 4. The second-order valence-corrected chi connectivity index (χ2v) is 6.94. The minimum atomic E-state index is -0.602. The summed E-state index contributed by atoms with van der Waals surface area (Å²) in [4.78, 5) is 13.1. The molecule has 3 aromatic rings. The van der Waals surface area contributed by atoms with Crippen molar-refractivity contribution in [2.75, 3.05) is 13.1 Å². The van der Waals surface area contributed by atoms with Crippen molar-refractivity contribution in [1.29, 1.82) is 0 Å². The maximum absolute atomic E-state index is 13.1. The topological polar surface area (TPSA) is 76.8 Å². The van der Waals surface area contributed by atoms with E-state index in [1.54, 1.807) is 12.4 Å². The predicted octanol–water partition coefficient (Wildman–Crippen LogP) is 1.94. The summed E-state index contributed by atoms with van der Waals surface area (Å²) in [5.41, 5.74) is 1.66. The first kappa shape index (κ1) is 20.1. The molecule has 3 heterocycles. The third-order valence-electron chi connectivity index (χ3n) is 5.18. The van der Waals surface area contributed by atoms with Gasteiger partial charge in [0.2, 0.25) is 5.91 Å². The van der Waals surface area contributed by atoms with Gasteiger partial charge in [0.25, 0.3) is 0 Å². The molecule has 2 aromatic heterocycles. The first-order valence-corrected chi connectivity index (χ1v) is 9.31. The zero-order valence-corrected chi connectivity index (χ0v) is 16.4. The van der Waals surface area contributed by atoms with Gasteiger partial charge in [-0.3, -0.25) is 14.2 Å². The van der Waals surface area contributed by atoms with Crippen molar-refractivity contribution in [1.82, 2.24) is 30.2 Å². The quantitative estimate of drug-likeness (QED) is 0.663. The van der Waals surface area contributed by atoms with Gasteiger partial charge in [0, 0.05) is 31.3 Å². The van der Waals surface area contributed by atoms with Gasteiger partial charge in [-0.1, -0.05) is 24.3 Å². The molecule has 28 heavy (non-hydrogen) atoms. The largest absolute Gasteiger partial charge is 0.350 e. The first-order chi connectivity index (χ1) is 13.3. The average Bonchev–Trinajstić information content (AvgIpc) is 3.42. The van der Waals surface area contributed by atoms with E-state index in [1.807, 2.05) is 33.9 Å². The lowest BCUT2D eigenvalue weighted by Gasteiger charge is -2.36. The zero-order valence-electron chi connectivity index (χ0n) is 15.6. The molecule has 1 aromatic carbocycles. The third kappa shape index (κ3) is 4.26. The molecular weight excluding hydrogens is 376 g/mol. The molecule has 0 atom stereocenters. The number of rotatable bonds is 6. The SMILES string of the molecule is Cl.O=C(NCc1ccc(Cn2cccn2)cc1)C1(n2cccn2)CCNCC1. The van der Waals surface area contributed by atoms with Gasteiger partial charge in [-0.2, -0.15) is 10.2 Å². The number of hydrogen-bond donors (Lipinski definition) is 2. The van der Waals surface area contributed by atoms with E-state index < -0.39 is 5.54 Å². The lowest BCUT2D eigenvalue weighted by Crippen LogP contribution is -2.54. The van der Waals surface area contributed by atoms with Crippen molar-refractivity contribution in [3.8, 4) is 0 Å². The van der Waals surface area contributed by atoms with Gasteiger partial charge in [-0.15, -0.1) is 12.4 Å². The normalized spacial score (nSPS) is 15.6. The van der Waals surface area contributed by atoms with Gasteiger partial charge in [0.1, 0.15) is 5.54 Å². The van der Waals surface area contributed by atoms with Crippen molar-refractivity contribution in [2.24, 2.45) is 0 Å². The Morgan fingerprint density at radius 2 is 1.71 bits per heavy atom. The average molecular weight is 401 g/mol. The fourth-order valence-corrected chi connectivity index (χ4v) is 3.61. The van der Waals surface area contributed by atoms with E-state index >= 15 is 0 Å². The number of nitrogens with one attached hydrogen (secondary N) is 2. The molecule has 0 unspecified atom stereocenters. The van der Waals surface area contributed by atoms with E-state index in [-0.39, 0.29) is 18.3 Å². The van der Waals surface area contributed by atoms with Crippen molar-refractivity contribution in [3.05, 3.63) is 72.3 Å². The molecule has 0 spiro atoms. The lowest BCUT2D eigenvalue weighted by molar-refractivity contribution is -0.132. The third-order valence-corrected chi connectivity index (χ3v) is 5.18. The molecule has 4 rings (SSSR count). The molecule has 7 nitrogen and oxygen atoms in total. The zero-order chi connectivity index (χ0) is 18.5. The fourth-order valence-electron chi connectivity index (χ4n) is 3.61. The highest BCUT2D eigenvalue weighted by molar-refractivity contribution is 5.85. The predicted molar refractivity (Wildman–Crippen MR) is 109 cm³/mol. The summed E-state index contributed by atoms with van der Waals surface area (Å²) in [7, 11) is 0. The second-order valence-electron chi connectivity index (χ2n) is 6.94. The Kier molecular flexibility index (Phi) is 6.49. The van der Waals surface area contributed by atoms with Crippen LogP contribution >= 0.6 is 12.4 Å². The molecule has 148 valence electrons. The monoisotopic (exact) mass is 400 g/mol. The first-order valence-electron chi connectivity index (χ1n) is 9.31. The smallest absolute Gasteiger partial charge is 0.248 e. The molecule has 1 saturated heterocycles. The number of benzene rings is 1. The van der Waals surface area contributed by atoms with Crippen LogP contribution in [0.3, 0.4) is 0 Å². The van der Waals surface area contributed by atoms with Crippen molar-refractivity contribution in [3.63, 3.8) is 0 Å². The Hall–Kier alpha value is -2.64. The number of carbonyl (C=O) groups excluding carboxylic acids is 1. The molecule has 1 fully saturated rings. The molecule has 8 heteroatoms. The minimum Gasteiger partial charge on any atom is -0.350 e. The Balaban J connectivity index is 0.00000225. The van der Waals surface area contributed by atoms with E-state index in [9.17, 15) is 4.79 Å².